The van der Waals surface area contributed by atoms with E-state index in [-0.39, 0.29) is 10.8 Å². The van der Waals surface area contributed by atoms with Gasteiger partial charge in [0.15, 0.2) is 5.13 Å². The van der Waals surface area contributed by atoms with Crippen LogP contribution >= 0.6 is 11.3 Å². The molecule has 3 rings (SSSR count). The summed E-state index contributed by atoms with van der Waals surface area (Å²) in [6.45, 7) is 5.91. The number of rotatable bonds is 6. The molecule has 0 aliphatic heterocycles. The Labute approximate surface area is 168 Å². The Morgan fingerprint density at radius 2 is 1.71 bits per heavy atom. The van der Waals surface area contributed by atoms with Gasteiger partial charge in [-0.05, 0) is 57.2 Å². The average Bonchev–Trinajstić information content (AvgIpc) is 3.00. The number of amides is 1. The van der Waals surface area contributed by atoms with E-state index < -0.39 is 10.0 Å². The summed E-state index contributed by atoms with van der Waals surface area (Å²) in [7, 11) is -3.72. The van der Waals surface area contributed by atoms with Crippen molar-refractivity contribution in [3.05, 3.63) is 70.7 Å². The summed E-state index contributed by atoms with van der Waals surface area (Å²) in [4.78, 5) is 17.9. The molecule has 0 fully saturated rings. The van der Waals surface area contributed by atoms with Gasteiger partial charge in [0.2, 0.25) is 0 Å². The molecule has 0 spiro atoms. The molecule has 0 saturated heterocycles. The van der Waals surface area contributed by atoms with Crippen LogP contribution in [0, 0.1) is 13.8 Å². The van der Waals surface area contributed by atoms with Crippen LogP contribution in [0.2, 0.25) is 0 Å². The minimum Gasteiger partial charge on any atom is -0.298 e. The number of hydrogen-bond donors (Lipinski definition) is 1. The zero-order valence-electron chi connectivity index (χ0n) is 15.8. The minimum atomic E-state index is -3.72. The maximum Gasteiger partial charge on any atom is 0.264 e. The first-order chi connectivity index (χ1) is 13.3. The second-order valence-corrected chi connectivity index (χ2v) is 9.21. The number of aromatic nitrogens is 1. The molecule has 6 nitrogen and oxygen atoms in total. The largest absolute Gasteiger partial charge is 0.298 e. The number of benzene rings is 2. The summed E-state index contributed by atoms with van der Waals surface area (Å²) in [5, 5.41) is 3.27. The minimum absolute atomic E-state index is 0.135. The number of nitrogens with one attached hydrogen (secondary N) is 1. The normalized spacial score (nSPS) is 11.2. The van der Waals surface area contributed by atoms with E-state index >= 15 is 0 Å². The number of aryl methyl sites for hydroxylation is 2. The van der Waals surface area contributed by atoms with Crippen LogP contribution in [0.25, 0.3) is 0 Å². The summed E-state index contributed by atoms with van der Waals surface area (Å²) in [6.07, 6.45) is 0. The van der Waals surface area contributed by atoms with Crippen molar-refractivity contribution in [2.75, 3.05) is 16.2 Å². The van der Waals surface area contributed by atoms with Crippen molar-refractivity contribution in [1.82, 2.24) is 4.98 Å². The molecular weight excluding hydrogens is 394 g/mol. The standard InChI is InChI=1S/C20H21N3O3S2/c1-4-23(17-8-6-5-7-9-17)28(25,26)18-12-10-16(11-13-18)19(24)22-20-21-14(2)15(3)27-20/h5-13H,4H2,1-3H3,(H,21,22,24). The van der Waals surface area contributed by atoms with E-state index in [1.165, 1.54) is 39.9 Å². The van der Waals surface area contributed by atoms with E-state index in [1.54, 1.807) is 31.2 Å². The van der Waals surface area contributed by atoms with Gasteiger partial charge in [-0.3, -0.25) is 14.4 Å². The van der Waals surface area contributed by atoms with Crippen molar-refractivity contribution >= 4 is 38.1 Å². The van der Waals surface area contributed by atoms with E-state index in [4.69, 9.17) is 0 Å². The highest BCUT2D eigenvalue weighted by atomic mass is 32.2. The fraction of sp³-hybridized carbons (Fsp3) is 0.200. The lowest BCUT2D eigenvalue weighted by Crippen LogP contribution is -2.30. The van der Waals surface area contributed by atoms with Gasteiger partial charge < -0.3 is 0 Å². The molecule has 1 aromatic heterocycles. The third kappa shape index (κ3) is 4.07. The predicted molar refractivity (Wildman–Crippen MR) is 113 cm³/mol. The van der Waals surface area contributed by atoms with Gasteiger partial charge in [0, 0.05) is 17.0 Å². The van der Waals surface area contributed by atoms with Crippen LogP contribution in [0.4, 0.5) is 10.8 Å². The molecule has 8 heteroatoms. The van der Waals surface area contributed by atoms with Gasteiger partial charge in [0.25, 0.3) is 15.9 Å². The number of hydrogen-bond acceptors (Lipinski definition) is 5. The summed E-state index contributed by atoms with van der Waals surface area (Å²) in [6, 6.07) is 14.8. The zero-order valence-corrected chi connectivity index (χ0v) is 17.5. The highest BCUT2D eigenvalue weighted by Gasteiger charge is 2.23. The smallest absolute Gasteiger partial charge is 0.264 e. The maximum absolute atomic E-state index is 13.0. The second-order valence-electron chi connectivity index (χ2n) is 6.14. The van der Waals surface area contributed by atoms with Crippen LogP contribution in [0.1, 0.15) is 27.9 Å². The lowest BCUT2D eigenvalue weighted by atomic mass is 10.2. The Hall–Kier alpha value is -2.71. The molecule has 0 bridgehead atoms. The molecular formula is C20H21N3O3S2. The molecule has 0 radical (unpaired) electrons. The third-order valence-corrected chi connectivity index (χ3v) is 7.19. The van der Waals surface area contributed by atoms with Crippen molar-refractivity contribution in [3.8, 4) is 0 Å². The van der Waals surface area contributed by atoms with Gasteiger partial charge in [-0.2, -0.15) is 0 Å². The Morgan fingerprint density at radius 1 is 1.07 bits per heavy atom. The van der Waals surface area contributed by atoms with E-state index in [0.29, 0.717) is 22.9 Å². The fourth-order valence-corrected chi connectivity index (χ4v) is 4.97. The molecule has 1 N–H and O–H groups in total. The lowest BCUT2D eigenvalue weighted by molar-refractivity contribution is 0.102. The lowest BCUT2D eigenvalue weighted by Gasteiger charge is -2.22. The van der Waals surface area contributed by atoms with Gasteiger partial charge in [-0.25, -0.2) is 13.4 Å². The van der Waals surface area contributed by atoms with Gasteiger partial charge in [-0.15, -0.1) is 11.3 Å². The summed E-state index contributed by atoms with van der Waals surface area (Å²) in [5.41, 5.74) is 1.84. The Kier molecular flexibility index (Phi) is 5.81. The number of para-hydroxylation sites is 1. The quantitative estimate of drug-likeness (QED) is 0.653. The van der Waals surface area contributed by atoms with Gasteiger partial charge in [-0.1, -0.05) is 18.2 Å². The molecule has 1 heterocycles. The van der Waals surface area contributed by atoms with Gasteiger partial charge in [0.05, 0.1) is 16.3 Å². The van der Waals surface area contributed by atoms with E-state index in [1.807, 2.05) is 19.9 Å². The van der Waals surface area contributed by atoms with Gasteiger partial charge in [0.1, 0.15) is 0 Å². The summed E-state index contributed by atoms with van der Waals surface area (Å²) in [5.74, 6) is -0.326. The number of sulfonamides is 1. The molecule has 0 saturated carbocycles. The molecule has 28 heavy (non-hydrogen) atoms. The van der Waals surface area contributed by atoms with Crippen LogP contribution in [-0.4, -0.2) is 25.9 Å². The molecule has 0 atom stereocenters. The van der Waals surface area contributed by atoms with E-state index in [9.17, 15) is 13.2 Å². The van der Waals surface area contributed by atoms with Crippen molar-refractivity contribution in [2.45, 2.75) is 25.7 Å². The molecule has 0 aliphatic carbocycles. The third-order valence-electron chi connectivity index (χ3n) is 4.28. The first-order valence-electron chi connectivity index (χ1n) is 8.76. The highest BCUT2D eigenvalue weighted by Crippen LogP contribution is 2.24. The van der Waals surface area contributed by atoms with Crippen molar-refractivity contribution in [2.24, 2.45) is 0 Å². The molecule has 3 aromatic rings. The van der Waals surface area contributed by atoms with Crippen LogP contribution < -0.4 is 9.62 Å². The zero-order chi connectivity index (χ0) is 20.3. The molecule has 0 unspecified atom stereocenters. The predicted octanol–water partition coefficient (Wildman–Crippen LogP) is 4.23. The SMILES string of the molecule is CCN(c1ccccc1)S(=O)(=O)c1ccc(C(=O)Nc2nc(C)c(C)s2)cc1. The number of nitrogens with zero attached hydrogens (tertiary/aromatic N) is 2. The van der Waals surface area contributed by atoms with Gasteiger partial charge >= 0.3 is 0 Å². The first-order valence-corrected chi connectivity index (χ1v) is 11.0. The first kappa shape index (κ1) is 20.0. The second kappa shape index (κ2) is 8.12. The van der Waals surface area contributed by atoms with Crippen molar-refractivity contribution in [1.29, 1.82) is 0 Å². The van der Waals surface area contributed by atoms with E-state index in [2.05, 4.69) is 10.3 Å². The summed E-state index contributed by atoms with van der Waals surface area (Å²) >= 11 is 1.40. The Morgan fingerprint density at radius 3 is 2.25 bits per heavy atom. The number of carbonyl (C=O) groups excluding carboxylic acids is 1. The molecule has 1 amide bonds. The monoisotopic (exact) mass is 415 g/mol. The van der Waals surface area contributed by atoms with Crippen LogP contribution in [0.15, 0.2) is 59.5 Å². The van der Waals surface area contributed by atoms with Crippen LogP contribution in [0.5, 0.6) is 0 Å². The fourth-order valence-electron chi connectivity index (χ4n) is 2.69. The van der Waals surface area contributed by atoms with Crippen LogP contribution in [0.3, 0.4) is 0 Å². The molecule has 146 valence electrons. The number of carbonyl (C=O) groups is 1. The van der Waals surface area contributed by atoms with Crippen LogP contribution in [-0.2, 0) is 10.0 Å². The number of thiazole rings is 1. The molecule has 0 aliphatic rings. The summed E-state index contributed by atoms with van der Waals surface area (Å²) < 4.78 is 27.3. The number of anilines is 2. The molecule has 2 aromatic carbocycles. The Bertz CT molecular complexity index is 1060. The topological polar surface area (TPSA) is 79.4 Å². The Balaban J connectivity index is 1.81. The van der Waals surface area contributed by atoms with Crippen molar-refractivity contribution in [3.63, 3.8) is 0 Å². The maximum atomic E-state index is 13.0. The average molecular weight is 416 g/mol. The van der Waals surface area contributed by atoms with Crippen molar-refractivity contribution < 1.29 is 13.2 Å². The highest BCUT2D eigenvalue weighted by molar-refractivity contribution is 7.92. The van der Waals surface area contributed by atoms with E-state index in [0.717, 1.165) is 10.6 Å².